The fraction of sp³-hybridized carbons (Fsp3) is 0.0588. The zero-order chi connectivity index (χ0) is 17.5. The van der Waals surface area contributed by atoms with Gasteiger partial charge in [0.1, 0.15) is 6.07 Å². The Hall–Kier alpha value is -2.89. The summed E-state index contributed by atoms with van der Waals surface area (Å²) in [6, 6.07) is 18.6. The van der Waals surface area contributed by atoms with Crippen LogP contribution in [-0.2, 0) is 4.79 Å². The standard InChI is InChI=1S/C17H13N5OS2/c18-10-12-6-4-5-9-14(12)20-15(23)11-24-17-22-21-16(25-17)19-13-7-2-1-3-8-13/h1-9H,11H2,(H,19,21)(H,20,23). The lowest BCUT2D eigenvalue weighted by Crippen LogP contribution is -2.14. The second-order valence-electron chi connectivity index (χ2n) is 4.86. The Balaban J connectivity index is 1.53. The van der Waals surface area contributed by atoms with E-state index in [9.17, 15) is 4.79 Å². The summed E-state index contributed by atoms with van der Waals surface area (Å²) in [5.74, 6) is 0.000169. The predicted molar refractivity (Wildman–Crippen MR) is 100 cm³/mol. The molecule has 0 fully saturated rings. The molecule has 1 aromatic heterocycles. The molecule has 0 aliphatic rings. The van der Waals surface area contributed by atoms with Crippen LogP contribution in [0.1, 0.15) is 5.56 Å². The molecule has 0 spiro atoms. The van der Waals surface area contributed by atoms with Gasteiger partial charge in [-0.15, -0.1) is 10.2 Å². The van der Waals surface area contributed by atoms with E-state index >= 15 is 0 Å². The van der Waals surface area contributed by atoms with Gasteiger partial charge in [0.05, 0.1) is 17.0 Å². The molecule has 2 N–H and O–H groups in total. The average Bonchev–Trinajstić information content (AvgIpc) is 3.09. The number of nitrogens with one attached hydrogen (secondary N) is 2. The van der Waals surface area contributed by atoms with Crippen LogP contribution in [0.15, 0.2) is 58.9 Å². The summed E-state index contributed by atoms with van der Waals surface area (Å²) in [7, 11) is 0. The van der Waals surface area contributed by atoms with Gasteiger partial charge in [0.2, 0.25) is 11.0 Å². The third-order valence-corrected chi connectivity index (χ3v) is 5.05. The van der Waals surface area contributed by atoms with E-state index in [1.54, 1.807) is 24.3 Å². The summed E-state index contributed by atoms with van der Waals surface area (Å²) in [5, 5.41) is 23.7. The molecule has 1 heterocycles. The summed E-state index contributed by atoms with van der Waals surface area (Å²) >= 11 is 2.68. The topological polar surface area (TPSA) is 90.7 Å². The maximum atomic E-state index is 12.1. The third-order valence-electron chi connectivity index (χ3n) is 3.08. The van der Waals surface area contributed by atoms with Crippen molar-refractivity contribution < 1.29 is 4.79 Å². The van der Waals surface area contributed by atoms with Gasteiger partial charge in [-0.3, -0.25) is 4.79 Å². The van der Waals surface area contributed by atoms with Crippen molar-refractivity contribution >= 4 is 45.5 Å². The van der Waals surface area contributed by atoms with Crippen LogP contribution in [0.2, 0.25) is 0 Å². The molecule has 0 saturated carbocycles. The molecule has 6 nitrogen and oxygen atoms in total. The van der Waals surface area contributed by atoms with Gasteiger partial charge < -0.3 is 10.6 Å². The average molecular weight is 367 g/mol. The summed E-state index contributed by atoms with van der Waals surface area (Å²) < 4.78 is 0.696. The first-order valence-corrected chi connectivity index (χ1v) is 9.12. The van der Waals surface area contributed by atoms with E-state index in [0.29, 0.717) is 20.7 Å². The van der Waals surface area contributed by atoms with Crippen LogP contribution in [0.3, 0.4) is 0 Å². The van der Waals surface area contributed by atoms with Gasteiger partial charge in [-0.05, 0) is 24.3 Å². The number of amides is 1. The number of rotatable bonds is 6. The first-order chi connectivity index (χ1) is 12.2. The van der Waals surface area contributed by atoms with E-state index < -0.39 is 0 Å². The highest BCUT2D eigenvalue weighted by molar-refractivity contribution is 8.01. The Morgan fingerprint density at radius 2 is 1.88 bits per heavy atom. The molecule has 1 amide bonds. The van der Waals surface area contributed by atoms with Gasteiger partial charge in [0.25, 0.3) is 0 Å². The van der Waals surface area contributed by atoms with E-state index in [0.717, 1.165) is 5.69 Å². The molecular weight excluding hydrogens is 354 g/mol. The van der Waals surface area contributed by atoms with Crippen molar-refractivity contribution in [1.29, 1.82) is 5.26 Å². The van der Waals surface area contributed by atoms with Gasteiger partial charge >= 0.3 is 0 Å². The fourth-order valence-corrected chi connectivity index (χ4v) is 3.54. The minimum atomic E-state index is -0.194. The third kappa shape index (κ3) is 4.79. The molecule has 0 radical (unpaired) electrons. The second kappa shape index (κ2) is 8.28. The highest BCUT2D eigenvalue weighted by atomic mass is 32.2. The van der Waals surface area contributed by atoms with Gasteiger partial charge in [0, 0.05) is 5.69 Å². The molecule has 0 saturated heterocycles. The molecular formula is C17H13N5OS2. The molecule has 3 rings (SSSR count). The highest BCUT2D eigenvalue weighted by Gasteiger charge is 2.10. The van der Waals surface area contributed by atoms with Gasteiger partial charge in [-0.25, -0.2) is 0 Å². The Morgan fingerprint density at radius 3 is 2.68 bits per heavy atom. The second-order valence-corrected chi connectivity index (χ2v) is 7.06. The van der Waals surface area contributed by atoms with Crippen LogP contribution in [0.25, 0.3) is 0 Å². The van der Waals surface area contributed by atoms with Crippen molar-refractivity contribution in [3.63, 3.8) is 0 Å². The molecule has 0 unspecified atom stereocenters. The molecule has 0 aliphatic heterocycles. The monoisotopic (exact) mass is 367 g/mol. The number of para-hydroxylation sites is 2. The van der Waals surface area contributed by atoms with Crippen molar-refractivity contribution in [3.05, 3.63) is 60.2 Å². The quantitative estimate of drug-likeness (QED) is 0.643. The van der Waals surface area contributed by atoms with Crippen LogP contribution in [0.4, 0.5) is 16.5 Å². The molecule has 2 aromatic carbocycles. The van der Waals surface area contributed by atoms with Crippen LogP contribution in [0, 0.1) is 11.3 Å². The van der Waals surface area contributed by atoms with E-state index in [4.69, 9.17) is 5.26 Å². The molecule has 0 bridgehead atoms. The summed E-state index contributed by atoms with van der Waals surface area (Å²) in [6.07, 6.45) is 0. The van der Waals surface area contributed by atoms with Gasteiger partial charge in [0.15, 0.2) is 4.34 Å². The number of nitriles is 1. The van der Waals surface area contributed by atoms with Gasteiger partial charge in [-0.2, -0.15) is 5.26 Å². The molecule has 25 heavy (non-hydrogen) atoms. The SMILES string of the molecule is N#Cc1ccccc1NC(=O)CSc1nnc(Nc2ccccc2)s1. The first kappa shape index (κ1) is 17.0. The minimum Gasteiger partial charge on any atom is -0.330 e. The van der Waals surface area contributed by atoms with Crippen LogP contribution >= 0.6 is 23.1 Å². The smallest absolute Gasteiger partial charge is 0.234 e. The number of benzene rings is 2. The number of aromatic nitrogens is 2. The Kier molecular flexibility index (Phi) is 5.61. The molecule has 8 heteroatoms. The van der Waals surface area contributed by atoms with Crippen LogP contribution in [-0.4, -0.2) is 21.9 Å². The summed E-state index contributed by atoms with van der Waals surface area (Å²) in [6.45, 7) is 0. The Bertz CT molecular complexity index is 905. The van der Waals surface area contributed by atoms with Crippen molar-refractivity contribution in [2.45, 2.75) is 4.34 Å². The van der Waals surface area contributed by atoms with E-state index in [1.165, 1.54) is 23.1 Å². The van der Waals surface area contributed by atoms with E-state index in [1.807, 2.05) is 30.3 Å². The maximum absolute atomic E-state index is 12.1. The van der Waals surface area contributed by atoms with Crippen molar-refractivity contribution in [2.24, 2.45) is 0 Å². The maximum Gasteiger partial charge on any atom is 0.234 e. The number of anilines is 3. The Labute approximate surface area is 152 Å². The zero-order valence-corrected chi connectivity index (χ0v) is 14.6. The van der Waals surface area contributed by atoms with Crippen LogP contribution in [0.5, 0.6) is 0 Å². The molecule has 3 aromatic rings. The summed E-state index contributed by atoms with van der Waals surface area (Å²) in [4.78, 5) is 12.1. The molecule has 0 atom stereocenters. The van der Waals surface area contributed by atoms with Crippen LogP contribution < -0.4 is 10.6 Å². The van der Waals surface area contributed by atoms with Crippen molar-refractivity contribution in [3.8, 4) is 6.07 Å². The number of nitrogens with zero attached hydrogens (tertiary/aromatic N) is 3. The predicted octanol–water partition coefficient (Wildman–Crippen LogP) is 3.88. The van der Waals surface area contributed by atoms with E-state index in [2.05, 4.69) is 26.9 Å². The van der Waals surface area contributed by atoms with Crippen molar-refractivity contribution in [2.75, 3.05) is 16.4 Å². The number of carbonyl (C=O) groups excluding carboxylic acids is 1. The lowest BCUT2D eigenvalue weighted by Gasteiger charge is -2.05. The largest absolute Gasteiger partial charge is 0.330 e. The van der Waals surface area contributed by atoms with E-state index in [-0.39, 0.29) is 11.7 Å². The zero-order valence-electron chi connectivity index (χ0n) is 13.0. The lowest BCUT2D eigenvalue weighted by molar-refractivity contribution is -0.113. The number of carbonyl (C=O) groups is 1. The molecule has 0 aliphatic carbocycles. The minimum absolute atomic E-state index is 0.194. The normalized spacial score (nSPS) is 10.0. The van der Waals surface area contributed by atoms with Crippen molar-refractivity contribution in [1.82, 2.24) is 10.2 Å². The first-order valence-electron chi connectivity index (χ1n) is 7.32. The highest BCUT2D eigenvalue weighted by Crippen LogP contribution is 2.27. The number of thioether (sulfide) groups is 1. The Morgan fingerprint density at radius 1 is 1.12 bits per heavy atom. The number of hydrogen-bond donors (Lipinski definition) is 2. The van der Waals surface area contributed by atoms with Gasteiger partial charge in [-0.1, -0.05) is 53.4 Å². The lowest BCUT2D eigenvalue weighted by atomic mass is 10.2. The number of hydrogen-bond acceptors (Lipinski definition) is 7. The fourth-order valence-electron chi connectivity index (χ4n) is 1.97. The molecule has 124 valence electrons. The summed E-state index contributed by atoms with van der Waals surface area (Å²) in [5.41, 5.74) is 1.88.